The van der Waals surface area contributed by atoms with Gasteiger partial charge in [0.25, 0.3) is 0 Å². The molecule has 0 saturated heterocycles. The van der Waals surface area contributed by atoms with E-state index in [-0.39, 0.29) is 64.9 Å². The van der Waals surface area contributed by atoms with Gasteiger partial charge in [-0.3, -0.25) is 0 Å². The molecule has 0 amide bonds. The molecule has 0 atom stereocenters. The standard InChI is InChI=1S/C26H17F4N3O2.C20H13BrF3N3O2.C6H6BFO2.CH4/c1-34-21-12-4-17(5-13-21)15-35-24-22(18-8-10-20(27)11-9-18)25(26(28,29)30)33-32-23(24)19-6-2-16(14-31)3-7-19;1-28-15-8-4-13(5-9-15)11-29-18-16(21)19(20(22,23)24)27-26-17(18)14-6-2-12(10-25)3-7-14;8-6-3-1-5(2-4-6)7(9)10;/h2-13H,15H2,1H3;2-9H,11H2,1H3;1-4,9-10H;1H4. The molecule has 0 aliphatic carbocycles. The molecule has 0 bridgehead atoms. The molecule has 0 fully saturated rings. The zero-order valence-electron chi connectivity index (χ0n) is 38.5. The lowest BCUT2D eigenvalue weighted by atomic mass is 9.80. The highest BCUT2D eigenvalue weighted by atomic mass is 79.9. The van der Waals surface area contributed by atoms with Gasteiger partial charge in [0.1, 0.15) is 47.7 Å². The Morgan fingerprint density at radius 2 is 0.893 bits per heavy atom. The monoisotopic (exact) mass is 1100 g/mol. The third-order valence-electron chi connectivity index (χ3n) is 10.3. The van der Waals surface area contributed by atoms with Crippen molar-refractivity contribution in [3.8, 4) is 68.8 Å². The molecular weight excluding hydrogens is 1060 g/mol. The van der Waals surface area contributed by atoms with Crippen LogP contribution in [-0.2, 0) is 25.6 Å². The maximum Gasteiger partial charge on any atom is 0.488 e. The average molecular weight is 1100 g/mol. The first-order valence-electron chi connectivity index (χ1n) is 21.3. The lowest BCUT2D eigenvalue weighted by molar-refractivity contribution is -0.142. The molecule has 0 aliphatic heterocycles. The van der Waals surface area contributed by atoms with Gasteiger partial charge in [-0.2, -0.15) is 36.9 Å². The van der Waals surface area contributed by atoms with Crippen LogP contribution in [0.1, 0.15) is 41.1 Å². The molecule has 22 heteroatoms. The smallest absolute Gasteiger partial charge is 0.488 e. The van der Waals surface area contributed by atoms with Gasteiger partial charge in [0.05, 0.1) is 47.5 Å². The number of benzene rings is 6. The highest BCUT2D eigenvalue weighted by Crippen LogP contribution is 2.45. The highest BCUT2D eigenvalue weighted by Gasteiger charge is 2.40. The summed E-state index contributed by atoms with van der Waals surface area (Å²) < 4.78 is 129. The molecule has 12 nitrogen and oxygen atoms in total. The summed E-state index contributed by atoms with van der Waals surface area (Å²) in [5.41, 5.74) is 0.787. The molecule has 0 aliphatic rings. The molecule has 2 aromatic heterocycles. The normalized spacial score (nSPS) is 10.7. The predicted molar refractivity (Wildman–Crippen MR) is 265 cm³/mol. The number of methoxy groups -OCH3 is 2. The van der Waals surface area contributed by atoms with Crippen LogP contribution < -0.4 is 24.4 Å². The number of halogens is 9. The summed E-state index contributed by atoms with van der Waals surface area (Å²) in [5.74, 6) is 0.0242. The van der Waals surface area contributed by atoms with E-state index in [4.69, 9.17) is 39.5 Å². The zero-order chi connectivity index (χ0) is 53.6. The molecule has 2 N–H and O–H groups in total. The van der Waals surface area contributed by atoms with Crippen LogP contribution in [0.5, 0.6) is 23.0 Å². The molecule has 6 aromatic carbocycles. The largest absolute Gasteiger partial charge is 0.497 e. The van der Waals surface area contributed by atoms with Crippen LogP contribution >= 0.6 is 15.9 Å². The quantitative estimate of drug-likeness (QED) is 0.0876. The molecular formula is C53H40BBrF8N6O6. The van der Waals surface area contributed by atoms with Crippen LogP contribution in [0.3, 0.4) is 0 Å². The van der Waals surface area contributed by atoms with Gasteiger partial charge in [-0.05, 0) is 111 Å². The molecule has 2 heterocycles. The number of aromatic nitrogens is 4. The van der Waals surface area contributed by atoms with Gasteiger partial charge < -0.3 is 29.0 Å². The van der Waals surface area contributed by atoms with E-state index in [0.717, 1.165) is 17.7 Å². The first-order valence-corrected chi connectivity index (χ1v) is 22.1. The Kier molecular flexibility index (Phi) is 19.9. The number of hydrogen-bond donors (Lipinski definition) is 2. The molecule has 384 valence electrons. The van der Waals surface area contributed by atoms with Gasteiger partial charge in [-0.1, -0.05) is 80.2 Å². The minimum Gasteiger partial charge on any atom is -0.497 e. The number of rotatable bonds is 12. The van der Waals surface area contributed by atoms with E-state index in [1.54, 1.807) is 72.8 Å². The van der Waals surface area contributed by atoms with Crippen LogP contribution in [-0.4, -0.2) is 51.8 Å². The van der Waals surface area contributed by atoms with Gasteiger partial charge in [0.2, 0.25) is 0 Å². The van der Waals surface area contributed by atoms with E-state index in [1.807, 2.05) is 12.1 Å². The summed E-state index contributed by atoms with van der Waals surface area (Å²) >= 11 is 2.97. The van der Waals surface area contributed by atoms with Crippen molar-refractivity contribution in [1.82, 2.24) is 20.4 Å². The van der Waals surface area contributed by atoms with E-state index >= 15 is 0 Å². The zero-order valence-corrected chi connectivity index (χ0v) is 40.0. The van der Waals surface area contributed by atoms with Crippen molar-refractivity contribution in [3.05, 3.63) is 195 Å². The van der Waals surface area contributed by atoms with E-state index in [2.05, 4.69) is 36.3 Å². The summed E-state index contributed by atoms with van der Waals surface area (Å²) in [6.45, 7) is -0.0701. The second-order valence-electron chi connectivity index (χ2n) is 15.2. The van der Waals surface area contributed by atoms with Crippen LogP contribution in [0.2, 0.25) is 0 Å². The number of nitriles is 2. The molecule has 0 radical (unpaired) electrons. The van der Waals surface area contributed by atoms with Crippen LogP contribution in [0.15, 0.2) is 150 Å². The Balaban J connectivity index is 0.000000234. The molecule has 0 saturated carbocycles. The van der Waals surface area contributed by atoms with E-state index in [0.29, 0.717) is 44.8 Å². The Bertz CT molecular complexity index is 3230. The lowest BCUT2D eigenvalue weighted by Gasteiger charge is -2.19. The maximum absolute atomic E-state index is 14.0. The highest BCUT2D eigenvalue weighted by molar-refractivity contribution is 9.10. The molecule has 8 rings (SSSR count). The summed E-state index contributed by atoms with van der Waals surface area (Å²) in [6, 6.07) is 39.6. The summed E-state index contributed by atoms with van der Waals surface area (Å²) in [6.07, 6.45) is -9.55. The third kappa shape index (κ3) is 15.3. The minimum absolute atomic E-state index is 0. The third-order valence-corrected chi connectivity index (χ3v) is 11.0. The van der Waals surface area contributed by atoms with Gasteiger partial charge in [-0.25, -0.2) is 8.78 Å². The van der Waals surface area contributed by atoms with E-state index in [9.17, 15) is 35.1 Å². The second kappa shape index (κ2) is 26.0. The SMILES string of the molecule is C.COc1ccc(COc2c(-c3ccc(C#N)cc3)nnc(C(F)(F)F)c2-c2ccc(F)cc2)cc1.COc1ccc(COc2c(-c3ccc(C#N)cc3)nnc(C(F)(F)F)c2Br)cc1.OB(O)c1ccc(F)cc1. The molecule has 75 heavy (non-hydrogen) atoms. The fraction of sp³-hybridized carbons (Fsp3) is 0.132. The van der Waals surface area contributed by atoms with Gasteiger partial charge in [0.15, 0.2) is 22.9 Å². The number of nitrogens with zero attached hydrogens (tertiary/aromatic N) is 6. The molecule has 8 aromatic rings. The first kappa shape index (κ1) is 57.5. The summed E-state index contributed by atoms with van der Waals surface area (Å²) in [5, 5.41) is 49.5. The topological polar surface area (TPSA) is 177 Å². The fourth-order valence-electron chi connectivity index (χ4n) is 6.53. The first-order chi connectivity index (χ1) is 35.3. The Morgan fingerprint density at radius 3 is 1.28 bits per heavy atom. The molecule has 0 spiro atoms. The Morgan fingerprint density at radius 1 is 0.520 bits per heavy atom. The van der Waals surface area contributed by atoms with Crippen molar-refractivity contribution in [2.75, 3.05) is 14.2 Å². The average Bonchev–Trinajstić information content (AvgIpc) is 3.40. The minimum atomic E-state index is -4.85. The van der Waals surface area contributed by atoms with Gasteiger partial charge in [0, 0.05) is 11.1 Å². The lowest BCUT2D eigenvalue weighted by Crippen LogP contribution is -2.29. The van der Waals surface area contributed by atoms with Crippen molar-refractivity contribution in [3.63, 3.8) is 0 Å². The van der Waals surface area contributed by atoms with Gasteiger partial charge >= 0.3 is 19.5 Å². The Hall–Kier alpha value is -8.44. The van der Waals surface area contributed by atoms with Crippen molar-refractivity contribution in [1.29, 1.82) is 10.5 Å². The molecule has 0 unspecified atom stereocenters. The number of ether oxygens (including phenoxy) is 4. The number of alkyl halides is 6. The van der Waals surface area contributed by atoms with Crippen molar-refractivity contribution < 1.29 is 64.1 Å². The van der Waals surface area contributed by atoms with Crippen LogP contribution in [0.4, 0.5) is 35.1 Å². The fourth-order valence-corrected chi connectivity index (χ4v) is 7.14. The van der Waals surface area contributed by atoms with E-state index < -0.39 is 36.7 Å². The summed E-state index contributed by atoms with van der Waals surface area (Å²) in [4.78, 5) is 0. The van der Waals surface area contributed by atoms with Crippen LogP contribution in [0.25, 0.3) is 33.6 Å². The van der Waals surface area contributed by atoms with E-state index in [1.165, 1.54) is 74.9 Å². The Labute approximate surface area is 433 Å². The van der Waals surface area contributed by atoms with Crippen molar-refractivity contribution in [2.45, 2.75) is 33.0 Å². The van der Waals surface area contributed by atoms with Crippen LogP contribution in [0, 0.1) is 34.3 Å². The summed E-state index contributed by atoms with van der Waals surface area (Å²) in [7, 11) is 1.54. The van der Waals surface area contributed by atoms with Crippen molar-refractivity contribution in [2.24, 2.45) is 0 Å². The predicted octanol–water partition coefficient (Wildman–Crippen LogP) is 12.0. The second-order valence-corrected chi connectivity index (χ2v) is 16.0. The van der Waals surface area contributed by atoms with Gasteiger partial charge in [-0.15, -0.1) is 20.4 Å². The van der Waals surface area contributed by atoms with Crippen molar-refractivity contribution >= 4 is 28.5 Å². The maximum atomic E-state index is 14.0. The number of hydrogen-bond acceptors (Lipinski definition) is 12.